The summed E-state index contributed by atoms with van der Waals surface area (Å²) in [7, 11) is 0. The van der Waals surface area contributed by atoms with E-state index in [-0.39, 0.29) is 0 Å². The summed E-state index contributed by atoms with van der Waals surface area (Å²) in [5.74, 6) is 0. The Bertz CT molecular complexity index is 550. The van der Waals surface area contributed by atoms with Crippen LogP contribution in [0, 0.1) is 0 Å². The molecule has 0 aliphatic rings. The molecule has 3 heteroatoms. The van der Waals surface area contributed by atoms with E-state index in [2.05, 4.69) is 71.5 Å². The normalized spacial score (nSPS) is 12.5. The van der Waals surface area contributed by atoms with Gasteiger partial charge in [-0.25, -0.2) is 0 Å². The maximum absolute atomic E-state index is 3.70. The van der Waals surface area contributed by atoms with Crippen LogP contribution in [0.25, 0.3) is 0 Å². The van der Waals surface area contributed by atoms with Crippen LogP contribution in [-0.2, 0) is 19.3 Å². The van der Waals surface area contributed by atoms with Crippen LogP contribution in [0.15, 0.2) is 40.9 Å². The lowest BCUT2D eigenvalue weighted by atomic mass is 10.0. The van der Waals surface area contributed by atoms with E-state index in [9.17, 15) is 0 Å². The molecule has 1 heterocycles. The summed E-state index contributed by atoms with van der Waals surface area (Å²) in [5, 5.41) is 3.70. The minimum atomic E-state index is 0.516. The predicted molar refractivity (Wildman–Crippen MR) is 97.3 cm³/mol. The van der Waals surface area contributed by atoms with Crippen molar-refractivity contribution in [2.75, 3.05) is 6.54 Å². The van der Waals surface area contributed by atoms with Crippen LogP contribution in [0.4, 0.5) is 0 Å². The van der Waals surface area contributed by atoms with Gasteiger partial charge >= 0.3 is 0 Å². The Balaban J connectivity index is 2.03. The standard InChI is InChI=1S/C18H24BrNS/c1-3-10-20-16(12-14-6-5-7-15(19)11-14)13-18-9-8-17(4-2)21-18/h5-9,11,16,20H,3-4,10,12-13H2,1-2H3. The molecule has 1 nitrogen and oxygen atoms in total. The Kier molecular flexibility index (Phi) is 6.94. The van der Waals surface area contributed by atoms with E-state index in [1.165, 1.54) is 26.2 Å². The van der Waals surface area contributed by atoms with E-state index in [1.54, 1.807) is 0 Å². The highest BCUT2D eigenvalue weighted by molar-refractivity contribution is 9.10. The van der Waals surface area contributed by atoms with Gasteiger partial charge in [-0.15, -0.1) is 11.3 Å². The van der Waals surface area contributed by atoms with Gasteiger partial charge in [0.1, 0.15) is 0 Å². The van der Waals surface area contributed by atoms with Gasteiger partial charge in [0.15, 0.2) is 0 Å². The van der Waals surface area contributed by atoms with Gasteiger partial charge < -0.3 is 5.32 Å². The maximum Gasteiger partial charge on any atom is 0.0178 e. The molecule has 0 spiro atoms. The Morgan fingerprint density at radius 2 is 1.90 bits per heavy atom. The van der Waals surface area contributed by atoms with Crippen LogP contribution in [-0.4, -0.2) is 12.6 Å². The molecular formula is C18H24BrNS. The van der Waals surface area contributed by atoms with Gasteiger partial charge in [0.05, 0.1) is 0 Å². The quantitative estimate of drug-likeness (QED) is 0.675. The van der Waals surface area contributed by atoms with E-state index in [0.717, 1.165) is 25.8 Å². The SMILES string of the molecule is CCCNC(Cc1cccc(Br)c1)Cc1ccc(CC)s1. The van der Waals surface area contributed by atoms with Gasteiger partial charge in [-0.1, -0.05) is 41.9 Å². The molecular weight excluding hydrogens is 342 g/mol. The third kappa shape index (κ3) is 5.57. The fraction of sp³-hybridized carbons (Fsp3) is 0.444. The third-order valence-corrected chi connectivity index (χ3v) is 5.31. The monoisotopic (exact) mass is 365 g/mol. The van der Waals surface area contributed by atoms with Crippen molar-refractivity contribution in [3.63, 3.8) is 0 Å². The zero-order valence-corrected chi connectivity index (χ0v) is 15.3. The number of halogens is 1. The number of aryl methyl sites for hydroxylation is 1. The zero-order valence-electron chi connectivity index (χ0n) is 12.9. The van der Waals surface area contributed by atoms with Crippen LogP contribution >= 0.6 is 27.3 Å². The molecule has 1 N–H and O–H groups in total. The number of thiophene rings is 1. The van der Waals surface area contributed by atoms with E-state index in [0.29, 0.717) is 6.04 Å². The second kappa shape index (κ2) is 8.72. The molecule has 2 aromatic rings. The zero-order chi connectivity index (χ0) is 15.1. The number of hydrogen-bond acceptors (Lipinski definition) is 2. The minimum Gasteiger partial charge on any atom is -0.313 e. The number of hydrogen-bond donors (Lipinski definition) is 1. The van der Waals surface area contributed by atoms with E-state index >= 15 is 0 Å². The van der Waals surface area contributed by atoms with E-state index in [1.807, 2.05) is 11.3 Å². The van der Waals surface area contributed by atoms with Crippen molar-refractivity contribution in [2.45, 2.75) is 45.6 Å². The van der Waals surface area contributed by atoms with Crippen LogP contribution in [0.2, 0.25) is 0 Å². The molecule has 0 saturated carbocycles. The third-order valence-electron chi connectivity index (χ3n) is 3.57. The second-order valence-electron chi connectivity index (χ2n) is 5.41. The average molecular weight is 366 g/mol. The fourth-order valence-electron chi connectivity index (χ4n) is 2.48. The molecule has 1 aromatic heterocycles. The van der Waals surface area contributed by atoms with Gasteiger partial charge in [0, 0.05) is 20.3 Å². The topological polar surface area (TPSA) is 12.0 Å². The highest BCUT2D eigenvalue weighted by atomic mass is 79.9. The fourth-order valence-corrected chi connectivity index (χ4v) is 3.96. The van der Waals surface area contributed by atoms with Crippen molar-refractivity contribution in [3.8, 4) is 0 Å². The summed E-state index contributed by atoms with van der Waals surface area (Å²) in [6, 6.07) is 13.7. The van der Waals surface area contributed by atoms with Crippen molar-refractivity contribution in [3.05, 3.63) is 56.2 Å². The number of nitrogens with one attached hydrogen (secondary N) is 1. The Morgan fingerprint density at radius 1 is 1.10 bits per heavy atom. The summed E-state index contributed by atoms with van der Waals surface area (Å²) in [4.78, 5) is 2.98. The minimum absolute atomic E-state index is 0.516. The summed E-state index contributed by atoms with van der Waals surface area (Å²) in [6.07, 6.45) is 4.53. The predicted octanol–water partition coefficient (Wildman–Crippen LogP) is 5.23. The van der Waals surface area contributed by atoms with Gasteiger partial charge in [-0.05, 0) is 62.1 Å². The van der Waals surface area contributed by atoms with Crippen molar-refractivity contribution in [2.24, 2.45) is 0 Å². The Morgan fingerprint density at radius 3 is 2.57 bits per heavy atom. The van der Waals surface area contributed by atoms with Gasteiger partial charge in [0.25, 0.3) is 0 Å². The largest absolute Gasteiger partial charge is 0.313 e. The average Bonchev–Trinajstić information content (AvgIpc) is 2.92. The molecule has 0 radical (unpaired) electrons. The first kappa shape index (κ1) is 16.7. The second-order valence-corrected chi connectivity index (χ2v) is 7.58. The van der Waals surface area contributed by atoms with Crippen molar-refractivity contribution >= 4 is 27.3 Å². The highest BCUT2D eigenvalue weighted by Gasteiger charge is 2.11. The lowest BCUT2D eigenvalue weighted by Gasteiger charge is -2.18. The van der Waals surface area contributed by atoms with Crippen molar-refractivity contribution < 1.29 is 0 Å². The van der Waals surface area contributed by atoms with Crippen LogP contribution in [0.1, 0.15) is 35.6 Å². The highest BCUT2D eigenvalue weighted by Crippen LogP contribution is 2.20. The first-order chi connectivity index (χ1) is 10.2. The molecule has 0 fully saturated rings. The summed E-state index contributed by atoms with van der Waals surface area (Å²) in [5.41, 5.74) is 1.39. The van der Waals surface area contributed by atoms with Crippen molar-refractivity contribution in [1.82, 2.24) is 5.32 Å². The summed E-state index contributed by atoms with van der Waals surface area (Å²) >= 11 is 5.53. The lowest BCUT2D eigenvalue weighted by molar-refractivity contribution is 0.507. The molecule has 0 saturated heterocycles. The molecule has 21 heavy (non-hydrogen) atoms. The Hall–Kier alpha value is -0.640. The molecule has 1 aromatic carbocycles. The van der Waals surface area contributed by atoms with E-state index < -0.39 is 0 Å². The first-order valence-electron chi connectivity index (χ1n) is 7.76. The lowest BCUT2D eigenvalue weighted by Crippen LogP contribution is -2.33. The molecule has 0 aliphatic heterocycles. The molecule has 114 valence electrons. The summed E-state index contributed by atoms with van der Waals surface area (Å²) < 4.78 is 1.17. The van der Waals surface area contributed by atoms with E-state index in [4.69, 9.17) is 0 Å². The van der Waals surface area contributed by atoms with Crippen molar-refractivity contribution in [1.29, 1.82) is 0 Å². The molecule has 0 aliphatic carbocycles. The van der Waals surface area contributed by atoms with Gasteiger partial charge in [0.2, 0.25) is 0 Å². The molecule has 1 unspecified atom stereocenters. The maximum atomic E-state index is 3.70. The van der Waals surface area contributed by atoms with Crippen LogP contribution in [0.5, 0.6) is 0 Å². The molecule has 2 rings (SSSR count). The van der Waals surface area contributed by atoms with Crippen LogP contribution < -0.4 is 5.32 Å². The van der Waals surface area contributed by atoms with Crippen LogP contribution in [0.3, 0.4) is 0 Å². The number of benzene rings is 1. The molecule has 0 bridgehead atoms. The Labute approximate surface area is 140 Å². The van der Waals surface area contributed by atoms with Gasteiger partial charge in [-0.3, -0.25) is 0 Å². The summed E-state index contributed by atoms with van der Waals surface area (Å²) in [6.45, 7) is 5.54. The van der Waals surface area contributed by atoms with Gasteiger partial charge in [-0.2, -0.15) is 0 Å². The first-order valence-corrected chi connectivity index (χ1v) is 9.37. The number of rotatable bonds is 8. The molecule has 1 atom stereocenters. The molecule has 0 amide bonds. The smallest absolute Gasteiger partial charge is 0.0178 e.